The molecular formula is C32H21BN2O. The topological polar surface area (TPSA) is 19.6 Å². The molecule has 2 aliphatic rings. The molecule has 5 aromatic carbocycles. The lowest BCUT2D eigenvalue weighted by Gasteiger charge is -2.42. The molecule has 8 rings (SSSR count). The number of rotatable bonds is 2. The molecule has 0 atom stereocenters. The zero-order valence-electron chi connectivity index (χ0n) is 19.5. The molecule has 0 unspecified atom stereocenters. The van der Waals surface area contributed by atoms with Crippen molar-refractivity contribution < 1.29 is 4.42 Å². The molecule has 36 heavy (non-hydrogen) atoms. The van der Waals surface area contributed by atoms with Crippen LogP contribution in [0.1, 0.15) is 0 Å². The maximum absolute atomic E-state index is 6.73. The van der Waals surface area contributed by atoms with E-state index in [2.05, 4.69) is 137 Å². The van der Waals surface area contributed by atoms with Gasteiger partial charge in [0.1, 0.15) is 5.58 Å². The number of fused-ring (bicyclic) bond motifs is 6. The van der Waals surface area contributed by atoms with Gasteiger partial charge in [-0.2, -0.15) is 0 Å². The number of nitrogens with zero attached hydrogens (tertiary/aromatic N) is 2. The Kier molecular flexibility index (Phi) is 4.03. The van der Waals surface area contributed by atoms with Crippen molar-refractivity contribution in [2.24, 2.45) is 0 Å². The number of hydrogen-bond acceptors (Lipinski definition) is 3. The lowest BCUT2D eigenvalue weighted by Crippen LogP contribution is -2.60. The molecule has 1 aromatic heterocycles. The molecule has 0 fully saturated rings. The quantitative estimate of drug-likeness (QED) is 0.274. The van der Waals surface area contributed by atoms with Crippen molar-refractivity contribution in [3.05, 3.63) is 127 Å². The van der Waals surface area contributed by atoms with E-state index in [9.17, 15) is 0 Å². The zero-order valence-corrected chi connectivity index (χ0v) is 19.5. The maximum atomic E-state index is 6.73. The van der Waals surface area contributed by atoms with Crippen LogP contribution in [0.15, 0.2) is 132 Å². The van der Waals surface area contributed by atoms with Crippen LogP contribution in [0.2, 0.25) is 0 Å². The van der Waals surface area contributed by atoms with Crippen molar-refractivity contribution in [2.45, 2.75) is 0 Å². The van der Waals surface area contributed by atoms with Crippen LogP contribution >= 0.6 is 0 Å². The third kappa shape index (κ3) is 2.58. The Morgan fingerprint density at radius 2 is 1.08 bits per heavy atom. The van der Waals surface area contributed by atoms with Gasteiger partial charge in [0, 0.05) is 33.8 Å². The van der Waals surface area contributed by atoms with Gasteiger partial charge < -0.3 is 14.2 Å². The highest BCUT2D eigenvalue weighted by Crippen LogP contribution is 2.45. The van der Waals surface area contributed by atoms with Crippen molar-refractivity contribution in [1.82, 2.24) is 0 Å². The summed E-state index contributed by atoms with van der Waals surface area (Å²) in [5, 5.41) is 1.13. The van der Waals surface area contributed by atoms with Gasteiger partial charge >= 0.3 is 0 Å². The molecule has 3 nitrogen and oxygen atoms in total. The minimum atomic E-state index is 0.00900. The third-order valence-corrected chi connectivity index (χ3v) is 7.43. The predicted octanol–water partition coefficient (Wildman–Crippen LogP) is 6.52. The van der Waals surface area contributed by atoms with Gasteiger partial charge in [0.25, 0.3) is 6.71 Å². The second kappa shape index (κ2) is 7.40. The largest absolute Gasteiger partial charge is 0.468 e. The fraction of sp³-hybridized carbons (Fsp3) is 0. The Morgan fingerprint density at radius 3 is 1.86 bits per heavy atom. The van der Waals surface area contributed by atoms with Crippen LogP contribution in [-0.4, -0.2) is 6.71 Å². The zero-order chi connectivity index (χ0) is 23.6. The van der Waals surface area contributed by atoms with E-state index >= 15 is 0 Å². The van der Waals surface area contributed by atoms with Gasteiger partial charge in [0.2, 0.25) is 0 Å². The molecule has 0 saturated carbocycles. The Morgan fingerprint density at radius 1 is 0.500 bits per heavy atom. The highest BCUT2D eigenvalue weighted by atomic mass is 16.3. The average Bonchev–Trinajstić information content (AvgIpc) is 3.33. The minimum Gasteiger partial charge on any atom is -0.468 e. The van der Waals surface area contributed by atoms with Crippen molar-refractivity contribution >= 4 is 68.4 Å². The summed E-state index contributed by atoms with van der Waals surface area (Å²) in [6, 6.07) is 45.1. The summed E-state index contributed by atoms with van der Waals surface area (Å²) in [7, 11) is 0. The van der Waals surface area contributed by atoms with E-state index in [0.717, 1.165) is 33.7 Å². The Labute approximate surface area is 209 Å². The van der Waals surface area contributed by atoms with Crippen LogP contribution in [0.4, 0.5) is 34.1 Å². The number of hydrogen-bond donors (Lipinski definition) is 0. The lowest BCUT2D eigenvalue weighted by atomic mass is 9.35. The Hall–Kier alpha value is -4.70. The van der Waals surface area contributed by atoms with E-state index in [1.54, 1.807) is 0 Å². The van der Waals surface area contributed by atoms with Crippen LogP contribution < -0.4 is 26.4 Å². The Bertz CT molecular complexity index is 1760. The molecule has 0 radical (unpaired) electrons. The van der Waals surface area contributed by atoms with Crippen LogP contribution in [-0.2, 0) is 0 Å². The maximum Gasteiger partial charge on any atom is 0.297 e. The molecule has 168 valence electrons. The van der Waals surface area contributed by atoms with Crippen LogP contribution in [0.25, 0.3) is 11.0 Å². The first-order chi connectivity index (χ1) is 17.9. The summed E-state index contributed by atoms with van der Waals surface area (Å²) < 4.78 is 6.73. The number of anilines is 6. The summed E-state index contributed by atoms with van der Waals surface area (Å²) in [4.78, 5) is 4.77. The third-order valence-electron chi connectivity index (χ3n) is 7.43. The molecule has 0 spiro atoms. The Balaban J connectivity index is 1.51. The number of benzene rings is 5. The van der Waals surface area contributed by atoms with Crippen LogP contribution in [0, 0.1) is 0 Å². The molecule has 4 heteroatoms. The summed E-state index contributed by atoms with van der Waals surface area (Å²) in [5.41, 5.74) is 11.4. The molecule has 6 aromatic rings. The van der Waals surface area contributed by atoms with Crippen LogP contribution in [0.3, 0.4) is 0 Å². The van der Waals surface area contributed by atoms with Crippen molar-refractivity contribution in [2.75, 3.05) is 9.80 Å². The summed E-state index contributed by atoms with van der Waals surface area (Å²) >= 11 is 0. The summed E-state index contributed by atoms with van der Waals surface area (Å²) in [5.74, 6) is 0. The van der Waals surface area contributed by atoms with Gasteiger partial charge in [-0.15, -0.1) is 0 Å². The van der Waals surface area contributed by atoms with Crippen molar-refractivity contribution in [3.63, 3.8) is 0 Å². The molecule has 0 aliphatic carbocycles. The fourth-order valence-electron chi connectivity index (χ4n) is 6.02. The first-order valence-electron chi connectivity index (χ1n) is 12.3. The van der Waals surface area contributed by atoms with E-state index in [1.165, 1.54) is 28.0 Å². The van der Waals surface area contributed by atoms with E-state index in [-0.39, 0.29) is 6.71 Å². The highest BCUT2D eigenvalue weighted by molar-refractivity contribution is 6.99. The minimum absolute atomic E-state index is 0.00900. The van der Waals surface area contributed by atoms with Gasteiger partial charge in [-0.05, 0) is 65.5 Å². The van der Waals surface area contributed by atoms with E-state index in [0.29, 0.717) is 0 Å². The lowest BCUT2D eigenvalue weighted by molar-refractivity contribution is 0.651. The second-order valence-electron chi connectivity index (χ2n) is 9.35. The SMILES string of the molecule is c1ccc(N2c3ccccc3B3c4oc5ccccc5c4N(c4ccccc4)c4cccc2c43)cc1. The standard InChI is InChI=1S/C32H21BN2O/c1-3-12-22(13-4-1)34-26-18-9-8-17-25(26)33-30-27(34)19-11-20-28(30)35(23-14-5-2-6-15-23)31-24-16-7-10-21-29(24)36-32(31)33/h1-21H. The monoisotopic (exact) mass is 460 g/mol. The van der Waals surface area contributed by atoms with Gasteiger partial charge in [0.05, 0.1) is 11.3 Å². The second-order valence-corrected chi connectivity index (χ2v) is 9.35. The molecule has 0 saturated heterocycles. The van der Waals surface area contributed by atoms with Gasteiger partial charge in [-0.25, -0.2) is 0 Å². The van der Waals surface area contributed by atoms with Crippen molar-refractivity contribution in [3.8, 4) is 0 Å². The summed E-state index contributed by atoms with van der Waals surface area (Å²) in [6.45, 7) is 0.00900. The highest BCUT2D eigenvalue weighted by Gasteiger charge is 2.46. The summed E-state index contributed by atoms with van der Waals surface area (Å²) in [6.07, 6.45) is 0. The molecule has 2 aliphatic heterocycles. The first kappa shape index (κ1) is 19.6. The van der Waals surface area contributed by atoms with Gasteiger partial charge in [-0.1, -0.05) is 72.8 Å². The normalized spacial score (nSPS) is 13.4. The van der Waals surface area contributed by atoms with Gasteiger partial charge in [0.15, 0.2) is 0 Å². The number of para-hydroxylation sites is 4. The molecule has 3 heterocycles. The van der Waals surface area contributed by atoms with E-state index in [1.807, 2.05) is 0 Å². The fourth-order valence-corrected chi connectivity index (χ4v) is 6.02. The molecule has 0 bridgehead atoms. The average molecular weight is 460 g/mol. The van der Waals surface area contributed by atoms with Gasteiger partial charge in [-0.3, -0.25) is 0 Å². The molecule has 0 amide bonds. The smallest absolute Gasteiger partial charge is 0.297 e. The number of furan rings is 1. The molecular weight excluding hydrogens is 439 g/mol. The van der Waals surface area contributed by atoms with E-state index in [4.69, 9.17) is 4.42 Å². The van der Waals surface area contributed by atoms with Crippen molar-refractivity contribution in [1.29, 1.82) is 0 Å². The predicted molar refractivity (Wildman–Crippen MR) is 150 cm³/mol. The first-order valence-corrected chi connectivity index (χ1v) is 12.3. The van der Waals surface area contributed by atoms with E-state index < -0.39 is 0 Å². The van der Waals surface area contributed by atoms with Crippen LogP contribution in [0.5, 0.6) is 0 Å². The molecule has 0 N–H and O–H groups in total.